The zero-order chi connectivity index (χ0) is 14.5. The molecule has 0 aliphatic carbocycles. The van der Waals surface area contributed by atoms with Gasteiger partial charge in [0.05, 0.1) is 5.56 Å². The topological polar surface area (TPSA) is 92.9 Å². The number of amides is 1. The van der Waals surface area contributed by atoms with Gasteiger partial charge in [-0.15, -0.1) is 0 Å². The van der Waals surface area contributed by atoms with Crippen LogP contribution in [0.5, 0.6) is 0 Å². The van der Waals surface area contributed by atoms with Crippen LogP contribution in [0.1, 0.15) is 15.9 Å². The molecule has 0 aliphatic rings. The highest BCUT2D eigenvalue weighted by atomic mass is 79.9. The van der Waals surface area contributed by atoms with E-state index in [0.29, 0.717) is 18.1 Å². The van der Waals surface area contributed by atoms with Crippen LogP contribution in [0, 0.1) is 0 Å². The number of hydrazine groups is 1. The molecule has 0 atom stereocenters. The van der Waals surface area contributed by atoms with Crippen LogP contribution >= 0.6 is 31.9 Å². The Morgan fingerprint density at radius 2 is 1.75 bits per heavy atom. The molecule has 104 valence electrons. The van der Waals surface area contributed by atoms with E-state index in [0.717, 1.165) is 14.5 Å². The maximum Gasteiger partial charge on any atom is 0.268 e. The second kappa shape index (κ2) is 6.78. The van der Waals surface area contributed by atoms with E-state index >= 15 is 0 Å². The summed E-state index contributed by atoms with van der Waals surface area (Å²) in [5, 5.41) is 3.07. The summed E-state index contributed by atoms with van der Waals surface area (Å²) in [6.45, 7) is 0.570. The lowest BCUT2D eigenvalue weighted by molar-refractivity contribution is 0.0953. The summed E-state index contributed by atoms with van der Waals surface area (Å²) < 4.78 is 1.97. The molecule has 2 rings (SSSR count). The van der Waals surface area contributed by atoms with E-state index in [2.05, 4.69) is 47.1 Å². The molecule has 2 aromatic rings. The standard InChI is InChI=1S/C12H11Br2N5O/c13-9-1-7(2-10(14)3-9)4-16-12-17-5-8(6-18-12)11(20)19-15/h1-3,5-6H,4,15H2,(H,19,20)(H,16,17,18). The molecule has 8 heteroatoms. The van der Waals surface area contributed by atoms with E-state index in [1.807, 2.05) is 23.6 Å². The van der Waals surface area contributed by atoms with Crippen molar-refractivity contribution in [3.63, 3.8) is 0 Å². The van der Waals surface area contributed by atoms with Gasteiger partial charge in [0.15, 0.2) is 0 Å². The number of hydrogen-bond acceptors (Lipinski definition) is 5. The predicted molar refractivity (Wildman–Crippen MR) is 82.9 cm³/mol. The third kappa shape index (κ3) is 3.99. The molecule has 0 saturated carbocycles. The second-order valence-corrected chi connectivity index (χ2v) is 5.73. The summed E-state index contributed by atoms with van der Waals surface area (Å²) in [5.41, 5.74) is 3.40. The van der Waals surface area contributed by atoms with Crippen LogP contribution in [0.2, 0.25) is 0 Å². The van der Waals surface area contributed by atoms with Gasteiger partial charge in [0.25, 0.3) is 5.91 Å². The van der Waals surface area contributed by atoms with Crippen LogP contribution in [-0.2, 0) is 6.54 Å². The number of benzene rings is 1. The van der Waals surface area contributed by atoms with Crippen molar-refractivity contribution < 1.29 is 4.79 Å². The second-order valence-electron chi connectivity index (χ2n) is 3.90. The molecule has 1 aromatic heterocycles. The SMILES string of the molecule is NNC(=O)c1cnc(NCc2cc(Br)cc(Br)c2)nc1. The van der Waals surface area contributed by atoms with Crippen molar-refractivity contribution in [3.8, 4) is 0 Å². The van der Waals surface area contributed by atoms with Gasteiger partial charge in [-0.05, 0) is 23.8 Å². The summed E-state index contributed by atoms with van der Waals surface area (Å²) in [5.74, 6) is 5.04. The van der Waals surface area contributed by atoms with Crippen LogP contribution < -0.4 is 16.6 Å². The van der Waals surface area contributed by atoms with Crippen LogP contribution in [0.3, 0.4) is 0 Å². The minimum absolute atomic E-state index is 0.309. The van der Waals surface area contributed by atoms with Crippen molar-refractivity contribution in [2.24, 2.45) is 5.84 Å². The number of nitrogens with one attached hydrogen (secondary N) is 2. The average Bonchev–Trinajstić information content (AvgIpc) is 2.44. The van der Waals surface area contributed by atoms with Crippen LogP contribution in [0.15, 0.2) is 39.5 Å². The molecule has 0 fully saturated rings. The number of nitrogen functional groups attached to an aromatic ring is 1. The van der Waals surface area contributed by atoms with Crippen molar-refractivity contribution in [2.75, 3.05) is 5.32 Å². The van der Waals surface area contributed by atoms with Crippen LogP contribution in [-0.4, -0.2) is 15.9 Å². The molecule has 0 spiro atoms. The number of carbonyl (C=O) groups excluding carboxylic acids is 1. The first-order chi connectivity index (χ1) is 9.58. The minimum atomic E-state index is -0.424. The van der Waals surface area contributed by atoms with Crippen molar-refractivity contribution in [1.29, 1.82) is 0 Å². The summed E-state index contributed by atoms with van der Waals surface area (Å²) in [6, 6.07) is 5.95. The smallest absolute Gasteiger partial charge is 0.268 e. The summed E-state index contributed by atoms with van der Waals surface area (Å²) >= 11 is 6.85. The third-order valence-corrected chi connectivity index (χ3v) is 3.33. The van der Waals surface area contributed by atoms with Gasteiger partial charge in [-0.1, -0.05) is 31.9 Å². The van der Waals surface area contributed by atoms with Crippen molar-refractivity contribution in [3.05, 3.63) is 50.7 Å². The average molecular weight is 401 g/mol. The highest BCUT2D eigenvalue weighted by Crippen LogP contribution is 2.20. The van der Waals surface area contributed by atoms with Gasteiger partial charge in [-0.25, -0.2) is 15.8 Å². The Morgan fingerprint density at radius 3 is 2.30 bits per heavy atom. The number of rotatable bonds is 4. The molecule has 0 bridgehead atoms. The lowest BCUT2D eigenvalue weighted by Crippen LogP contribution is -2.30. The first-order valence-electron chi connectivity index (χ1n) is 5.60. The molecular formula is C12H11Br2N5O. The van der Waals surface area contributed by atoms with Gasteiger partial charge in [-0.3, -0.25) is 10.2 Å². The van der Waals surface area contributed by atoms with E-state index < -0.39 is 5.91 Å². The molecule has 1 aromatic carbocycles. The van der Waals surface area contributed by atoms with Crippen molar-refractivity contribution in [1.82, 2.24) is 15.4 Å². The lowest BCUT2D eigenvalue weighted by atomic mass is 10.2. The fourth-order valence-corrected chi connectivity index (χ4v) is 2.90. The number of carbonyl (C=O) groups is 1. The Labute approximate surface area is 132 Å². The number of halogens is 2. The number of anilines is 1. The molecule has 0 unspecified atom stereocenters. The number of aromatic nitrogens is 2. The molecule has 1 amide bonds. The molecular weight excluding hydrogens is 390 g/mol. The zero-order valence-electron chi connectivity index (χ0n) is 10.2. The number of hydrogen-bond donors (Lipinski definition) is 3. The number of nitrogens with two attached hydrogens (primary N) is 1. The maximum absolute atomic E-state index is 11.2. The van der Waals surface area contributed by atoms with Gasteiger partial charge >= 0.3 is 0 Å². The predicted octanol–water partition coefficient (Wildman–Crippen LogP) is 2.22. The number of nitrogens with zero attached hydrogens (tertiary/aromatic N) is 2. The first-order valence-corrected chi connectivity index (χ1v) is 7.19. The van der Waals surface area contributed by atoms with E-state index in [1.54, 1.807) is 0 Å². The van der Waals surface area contributed by atoms with Crippen molar-refractivity contribution >= 4 is 43.7 Å². The quantitative estimate of drug-likeness (QED) is 0.415. The maximum atomic E-state index is 11.2. The third-order valence-electron chi connectivity index (χ3n) is 2.42. The molecule has 0 radical (unpaired) electrons. The zero-order valence-corrected chi connectivity index (χ0v) is 13.4. The largest absolute Gasteiger partial charge is 0.350 e. The Kier molecular flexibility index (Phi) is 5.05. The molecule has 4 N–H and O–H groups in total. The summed E-state index contributed by atoms with van der Waals surface area (Å²) in [7, 11) is 0. The van der Waals surface area contributed by atoms with Gasteiger partial charge < -0.3 is 5.32 Å². The fraction of sp³-hybridized carbons (Fsp3) is 0.0833. The Balaban J connectivity index is 2.02. The van der Waals surface area contributed by atoms with Gasteiger partial charge in [0.1, 0.15) is 0 Å². The molecule has 0 aliphatic heterocycles. The lowest BCUT2D eigenvalue weighted by Gasteiger charge is -2.06. The Morgan fingerprint density at radius 1 is 1.15 bits per heavy atom. The van der Waals surface area contributed by atoms with Crippen LogP contribution in [0.4, 0.5) is 5.95 Å². The molecule has 0 saturated heterocycles. The highest BCUT2D eigenvalue weighted by Gasteiger charge is 2.05. The Bertz CT molecular complexity index is 597. The molecule has 20 heavy (non-hydrogen) atoms. The van der Waals surface area contributed by atoms with Crippen LogP contribution in [0.25, 0.3) is 0 Å². The molecule has 1 heterocycles. The highest BCUT2D eigenvalue weighted by molar-refractivity contribution is 9.11. The molecule has 6 nitrogen and oxygen atoms in total. The van der Waals surface area contributed by atoms with Crippen molar-refractivity contribution in [2.45, 2.75) is 6.54 Å². The van der Waals surface area contributed by atoms with E-state index in [1.165, 1.54) is 12.4 Å². The van der Waals surface area contributed by atoms with E-state index in [9.17, 15) is 4.79 Å². The van der Waals surface area contributed by atoms with E-state index in [-0.39, 0.29) is 0 Å². The first kappa shape index (κ1) is 14.9. The minimum Gasteiger partial charge on any atom is -0.350 e. The van der Waals surface area contributed by atoms with Gasteiger partial charge in [0.2, 0.25) is 5.95 Å². The van der Waals surface area contributed by atoms with E-state index in [4.69, 9.17) is 5.84 Å². The monoisotopic (exact) mass is 399 g/mol. The fourth-order valence-electron chi connectivity index (χ4n) is 1.51. The van der Waals surface area contributed by atoms with Gasteiger partial charge in [0, 0.05) is 27.9 Å². The normalized spacial score (nSPS) is 10.2. The summed E-state index contributed by atoms with van der Waals surface area (Å²) in [6.07, 6.45) is 2.82. The van der Waals surface area contributed by atoms with Gasteiger partial charge in [-0.2, -0.15) is 0 Å². The summed E-state index contributed by atoms with van der Waals surface area (Å²) in [4.78, 5) is 19.3. The Hall–Kier alpha value is -1.51.